The van der Waals surface area contributed by atoms with E-state index in [1.807, 2.05) is 6.92 Å². The van der Waals surface area contributed by atoms with Gasteiger partial charge in [0.25, 0.3) is 0 Å². The third-order valence-electron chi connectivity index (χ3n) is 2.95. The lowest BCUT2D eigenvalue weighted by Crippen LogP contribution is -2.43. The molecule has 0 aromatic heterocycles. The molecule has 0 bridgehead atoms. The Morgan fingerprint density at radius 1 is 1.33 bits per heavy atom. The average molecular weight is 225 g/mol. The second-order valence-corrected chi connectivity index (χ2v) is 4.20. The molecule has 5 heteroatoms. The molecule has 0 aromatic rings. The SMILES string of the molecule is CC1CCCCC1OC(CN)C(F)(F)F. The highest BCUT2D eigenvalue weighted by molar-refractivity contribution is 4.77. The minimum atomic E-state index is -4.34. The van der Waals surface area contributed by atoms with Crippen molar-refractivity contribution in [2.75, 3.05) is 6.54 Å². The fourth-order valence-electron chi connectivity index (χ4n) is 1.96. The molecule has 1 aliphatic rings. The number of ether oxygens (including phenoxy) is 1. The zero-order valence-corrected chi connectivity index (χ0v) is 8.89. The molecule has 1 aliphatic carbocycles. The molecule has 0 saturated heterocycles. The summed E-state index contributed by atoms with van der Waals surface area (Å²) in [5.74, 6) is 0.204. The maximum absolute atomic E-state index is 12.4. The van der Waals surface area contributed by atoms with Crippen molar-refractivity contribution in [3.8, 4) is 0 Å². The standard InChI is InChI=1S/C10H18F3NO/c1-7-4-2-3-5-8(7)15-9(6-14)10(11,12)13/h7-9H,2-6,14H2,1H3. The third-order valence-corrected chi connectivity index (χ3v) is 2.95. The van der Waals surface area contributed by atoms with E-state index in [0.29, 0.717) is 6.42 Å². The van der Waals surface area contributed by atoms with E-state index >= 15 is 0 Å². The molecule has 0 amide bonds. The van der Waals surface area contributed by atoms with Gasteiger partial charge in [-0.2, -0.15) is 13.2 Å². The maximum atomic E-state index is 12.4. The summed E-state index contributed by atoms with van der Waals surface area (Å²) in [6.07, 6.45) is -2.73. The number of nitrogens with two attached hydrogens (primary N) is 1. The number of rotatable bonds is 3. The third kappa shape index (κ3) is 3.65. The Morgan fingerprint density at radius 3 is 2.40 bits per heavy atom. The van der Waals surface area contributed by atoms with Crippen LogP contribution in [0.15, 0.2) is 0 Å². The van der Waals surface area contributed by atoms with Gasteiger partial charge in [-0.1, -0.05) is 19.8 Å². The van der Waals surface area contributed by atoms with Crippen LogP contribution in [0.4, 0.5) is 13.2 Å². The number of halogens is 3. The maximum Gasteiger partial charge on any atom is 0.415 e. The van der Waals surface area contributed by atoms with E-state index in [2.05, 4.69) is 0 Å². The van der Waals surface area contributed by atoms with Crippen LogP contribution < -0.4 is 5.73 Å². The fraction of sp³-hybridized carbons (Fsp3) is 1.00. The normalized spacial score (nSPS) is 30.2. The molecule has 0 spiro atoms. The minimum absolute atomic E-state index is 0.204. The summed E-state index contributed by atoms with van der Waals surface area (Å²) >= 11 is 0. The second-order valence-electron chi connectivity index (χ2n) is 4.20. The summed E-state index contributed by atoms with van der Waals surface area (Å²) in [7, 11) is 0. The molecule has 1 saturated carbocycles. The predicted octanol–water partition coefficient (Wildman–Crippen LogP) is 2.47. The van der Waals surface area contributed by atoms with Gasteiger partial charge in [0.1, 0.15) is 0 Å². The van der Waals surface area contributed by atoms with Gasteiger partial charge in [-0.25, -0.2) is 0 Å². The smallest absolute Gasteiger partial charge is 0.364 e. The monoisotopic (exact) mass is 225 g/mol. The average Bonchev–Trinajstić information content (AvgIpc) is 2.14. The fourth-order valence-corrected chi connectivity index (χ4v) is 1.96. The van der Waals surface area contributed by atoms with Crippen LogP contribution in [0.3, 0.4) is 0 Å². The first kappa shape index (κ1) is 12.8. The first-order valence-electron chi connectivity index (χ1n) is 5.37. The predicted molar refractivity (Wildman–Crippen MR) is 51.4 cm³/mol. The summed E-state index contributed by atoms with van der Waals surface area (Å²) in [5.41, 5.74) is 5.08. The Balaban J connectivity index is 2.50. The van der Waals surface area contributed by atoms with Gasteiger partial charge < -0.3 is 10.5 Å². The zero-order valence-electron chi connectivity index (χ0n) is 8.89. The van der Waals surface area contributed by atoms with Crippen molar-refractivity contribution in [2.45, 2.75) is 51.0 Å². The van der Waals surface area contributed by atoms with Gasteiger partial charge in [-0.15, -0.1) is 0 Å². The first-order valence-corrected chi connectivity index (χ1v) is 5.37. The molecule has 0 aliphatic heterocycles. The summed E-state index contributed by atoms with van der Waals surface area (Å²) < 4.78 is 42.3. The summed E-state index contributed by atoms with van der Waals surface area (Å²) in [5, 5.41) is 0. The van der Waals surface area contributed by atoms with E-state index < -0.39 is 18.8 Å². The van der Waals surface area contributed by atoms with Crippen LogP contribution in [-0.2, 0) is 4.74 Å². The van der Waals surface area contributed by atoms with Crippen molar-refractivity contribution < 1.29 is 17.9 Å². The Hall–Kier alpha value is -0.290. The van der Waals surface area contributed by atoms with Crippen LogP contribution in [0.2, 0.25) is 0 Å². The van der Waals surface area contributed by atoms with Crippen molar-refractivity contribution in [1.82, 2.24) is 0 Å². The van der Waals surface area contributed by atoms with E-state index in [9.17, 15) is 13.2 Å². The Morgan fingerprint density at radius 2 is 1.93 bits per heavy atom. The molecule has 2 nitrogen and oxygen atoms in total. The molecule has 2 N–H and O–H groups in total. The molecule has 90 valence electrons. The highest BCUT2D eigenvalue weighted by atomic mass is 19.4. The lowest BCUT2D eigenvalue weighted by molar-refractivity contribution is -0.236. The van der Waals surface area contributed by atoms with E-state index in [0.717, 1.165) is 19.3 Å². The van der Waals surface area contributed by atoms with Gasteiger partial charge in [0.15, 0.2) is 6.10 Å². The van der Waals surface area contributed by atoms with Gasteiger partial charge in [0.2, 0.25) is 0 Å². The highest BCUT2D eigenvalue weighted by Crippen LogP contribution is 2.31. The Kier molecular flexibility index (Phi) is 4.40. The topological polar surface area (TPSA) is 35.2 Å². The van der Waals surface area contributed by atoms with Gasteiger partial charge in [-0.3, -0.25) is 0 Å². The first-order chi connectivity index (χ1) is 6.95. The number of hydrogen-bond acceptors (Lipinski definition) is 2. The summed E-state index contributed by atoms with van der Waals surface area (Å²) in [6.45, 7) is 1.44. The molecule has 0 aromatic carbocycles. The van der Waals surface area contributed by atoms with Crippen LogP contribution in [0, 0.1) is 5.92 Å². The largest absolute Gasteiger partial charge is 0.415 e. The van der Waals surface area contributed by atoms with Crippen molar-refractivity contribution in [1.29, 1.82) is 0 Å². The van der Waals surface area contributed by atoms with Crippen molar-refractivity contribution in [2.24, 2.45) is 11.7 Å². The second kappa shape index (κ2) is 5.16. The molecule has 0 heterocycles. The van der Waals surface area contributed by atoms with E-state index in [4.69, 9.17) is 10.5 Å². The van der Waals surface area contributed by atoms with Crippen molar-refractivity contribution in [3.05, 3.63) is 0 Å². The minimum Gasteiger partial charge on any atom is -0.364 e. The van der Waals surface area contributed by atoms with Gasteiger partial charge in [-0.05, 0) is 18.8 Å². The Bertz CT molecular complexity index is 196. The molecule has 3 atom stereocenters. The molecule has 1 fully saturated rings. The number of alkyl halides is 3. The van der Waals surface area contributed by atoms with Crippen LogP contribution in [0.25, 0.3) is 0 Å². The lowest BCUT2D eigenvalue weighted by atomic mass is 9.88. The van der Waals surface area contributed by atoms with E-state index in [1.165, 1.54) is 0 Å². The van der Waals surface area contributed by atoms with Crippen LogP contribution in [0.1, 0.15) is 32.6 Å². The van der Waals surface area contributed by atoms with Crippen LogP contribution >= 0.6 is 0 Å². The van der Waals surface area contributed by atoms with Gasteiger partial charge in [0, 0.05) is 6.54 Å². The lowest BCUT2D eigenvalue weighted by Gasteiger charge is -2.32. The quantitative estimate of drug-likeness (QED) is 0.800. The van der Waals surface area contributed by atoms with Crippen LogP contribution in [-0.4, -0.2) is 24.9 Å². The molecule has 3 unspecified atom stereocenters. The van der Waals surface area contributed by atoms with Gasteiger partial charge in [0.05, 0.1) is 6.10 Å². The molecule has 1 rings (SSSR count). The Labute approximate surface area is 88.0 Å². The van der Waals surface area contributed by atoms with Crippen LogP contribution in [0.5, 0.6) is 0 Å². The van der Waals surface area contributed by atoms with Crippen molar-refractivity contribution >= 4 is 0 Å². The summed E-state index contributed by atoms with van der Waals surface area (Å²) in [4.78, 5) is 0. The highest BCUT2D eigenvalue weighted by Gasteiger charge is 2.42. The van der Waals surface area contributed by atoms with Gasteiger partial charge >= 0.3 is 6.18 Å². The summed E-state index contributed by atoms with van der Waals surface area (Å²) in [6, 6.07) is 0. The molecule has 15 heavy (non-hydrogen) atoms. The molecular weight excluding hydrogens is 207 g/mol. The number of hydrogen-bond donors (Lipinski definition) is 1. The zero-order chi connectivity index (χ0) is 11.5. The molecule has 0 radical (unpaired) electrons. The van der Waals surface area contributed by atoms with E-state index in [-0.39, 0.29) is 12.0 Å². The van der Waals surface area contributed by atoms with E-state index in [1.54, 1.807) is 0 Å². The van der Waals surface area contributed by atoms with Crippen molar-refractivity contribution in [3.63, 3.8) is 0 Å². The molecular formula is C10H18F3NO.